The van der Waals surface area contributed by atoms with E-state index < -0.39 is 0 Å². The van der Waals surface area contributed by atoms with Crippen LogP contribution in [-0.2, 0) is 0 Å². The minimum Gasteiger partial charge on any atom is -0.494 e. The van der Waals surface area contributed by atoms with Crippen molar-refractivity contribution in [2.45, 2.75) is 25.7 Å². The lowest BCUT2D eigenvalue weighted by Gasteiger charge is -2.10. The molecule has 0 unspecified atom stereocenters. The van der Waals surface area contributed by atoms with Crippen molar-refractivity contribution in [3.05, 3.63) is 84.9 Å². The normalized spacial score (nSPS) is 11.2. The minimum atomic E-state index is 0.189. The Balaban J connectivity index is 1.40. The molecule has 38 heavy (non-hydrogen) atoms. The zero-order valence-corrected chi connectivity index (χ0v) is 21.3. The molecule has 2 N–H and O–H groups in total. The second kappa shape index (κ2) is 12.5. The Kier molecular flexibility index (Phi) is 8.43. The molecule has 5 aromatic rings. The van der Waals surface area contributed by atoms with Crippen molar-refractivity contribution < 1.29 is 19.7 Å². The third-order valence-corrected chi connectivity index (χ3v) is 6.46. The largest absolute Gasteiger partial charge is 0.494 e. The van der Waals surface area contributed by atoms with Crippen LogP contribution in [-0.4, -0.2) is 46.6 Å². The van der Waals surface area contributed by atoms with Crippen LogP contribution in [0, 0.1) is 0 Å². The molecular weight excluding hydrogens is 476 g/mol. The van der Waals surface area contributed by atoms with E-state index in [-0.39, 0.29) is 13.2 Å². The molecule has 0 spiro atoms. The second-order valence-corrected chi connectivity index (χ2v) is 9.21. The molecule has 0 amide bonds. The Bertz CT molecular complexity index is 1370. The van der Waals surface area contributed by atoms with E-state index in [0.29, 0.717) is 13.2 Å². The van der Waals surface area contributed by atoms with E-state index >= 15 is 0 Å². The molecule has 194 valence electrons. The Morgan fingerprint density at radius 1 is 0.474 bits per heavy atom. The third kappa shape index (κ3) is 6.10. The van der Waals surface area contributed by atoms with Gasteiger partial charge in [0.2, 0.25) is 0 Å². The smallest absolute Gasteiger partial charge is 0.119 e. The fourth-order valence-corrected chi connectivity index (χ4v) is 4.34. The van der Waals surface area contributed by atoms with Crippen molar-refractivity contribution in [3.63, 3.8) is 0 Å². The van der Waals surface area contributed by atoms with Crippen molar-refractivity contribution in [2.75, 3.05) is 26.4 Å². The predicted octanol–water partition coefficient (Wildman–Crippen LogP) is 6.42. The molecule has 0 radical (unpaired) electrons. The van der Waals surface area contributed by atoms with Gasteiger partial charge in [0.05, 0.1) is 35.6 Å². The lowest BCUT2D eigenvalue weighted by atomic mass is 10.1. The SMILES string of the molecule is OCCCCOc1ccc(-c2ccc3ccc4ccc(-c5ccc(OCCCCO)cc5)nc4c3n2)cc1. The summed E-state index contributed by atoms with van der Waals surface area (Å²) in [5.74, 6) is 1.62. The first-order chi connectivity index (χ1) is 18.7. The minimum absolute atomic E-state index is 0.189. The number of fused-ring (bicyclic) bond motifs is 3. The summed E-state index contributed by atoms with van der Waals surface area (Å²) >= 11 is 0. The molecule has 0 aliphatic rings. The van der Waals surface area contributed by atoms with E-state index in [9.17, 15) is 0 Å². The van der Waals surface area contributed by atoms with Crippen LogP contribution in [0.2, 0.25) is 0 Å². The Labute approximate surface area is 222 Å². The van der Waals surface area contributed by atoms with Gasteiger partial charge < -0.3 is 19.7 Å². The van der Waals surface area contributed by atoms with E-state index in [2.05, 4.69) is 24.3 Å². The molecule has 0 aliphatic heterocycles. The van der Waals surface area contributed by atoms with Crippen LogP contribution in [0.25, 0.3) is 44.3 Å². The topological polar surface area (TPSA) is 84.7 Å². The Morgan fingerprint density at radius 3 is 1.26 bits per heavy atom. The zero-order valence-electron chi connectivity index (χ0n) is 21.3. The van der Waals surface area contributed by atoms with E-state index in [0.717, 1.165) is 81.5 Å². The maximum Gasteiger partial charge on any atom is 0.119 e. The van der Waals surface area contributed by atoms with E-state index in [1.165, 1.54) is 0 Å². The summed E-state index contributed by atoms with van der Waals surface area (Å²) in [5.41, 5.74) is 5.53. The summed E-state index contributed by atoms with van der Waals surface area (Å²) in [4.78, 5) is 10.0. The molecule has 0 saturated heterocycles. The number of ether oxygens (including phenoxy) is 2. The average molecular weight is 509 g/mol. The van der Waals surface area contributed by atoms with Gasteiger partial charge in [-0.05, 0) is 86.3 Å². The van der Waals surface area contributed by atoms with Gasteiger partial charge in [-0.1, -0.05) is 24.3 Å². The van der Waals surface area contributed by atoms with E-state index in [4.69, 9.17) is 29.7 Å². The number of aliphatic hydroxyl groups excluding tert-OH is 2. The first-order valence-corrected chi connectivity index (χ1v) is 13.1. The van der Waals surface area contributed by atoms with Crippen LogP contribution in [0.5, 0.6) is 11.5 Å². The van der Waals surface area contributed by atoms with Crippen molar-refractivity contribution in [3.8, 4) is 34.0 Å². The van der Waals surface area contributed by atoms with E-state index in [1.807, 2.05) is 60.7 Å². The lowest BCUT2D eigenvalue weighted by Crippen LogP contribution is -1.98. The van der Waals surface area contributed by atoms with Crippen molar-refractivity contribution in [2.24, 2.45) is 0 Å². The number of hydrogen-bond donors (Lipinski definition) is 2. The van der Waals surface area contributed by atoms with Crippen LogP contribution >= 0.6 is 0 Å². The van der Waals surface area contributed by atoms with Gasteiger partial charge in [0.25, 0.3) is 0 Å². The number of nitrogens with zero attached hydrogens (tertiary/aromatic N) is 2. The number of aliphatic hydroxyl groups is 2. The molecule has 0 aliphatic carbocycles. The summed E-state index contributed by atoms with van der Waals surface area (Å²) in [7, 11) is 0. The highest BCUT2D eigenvalue weighted by Crippen LogP contribution is 2.30. The summed E-state index contributed by atoms with van der Waals surface area (Å²) in [6.07, 6.45) is 3.15. The highest BCUT2D eigenvalue weighted by molar-refractivity contribution is 6.04. The van der Waals surface area contributed by atoms with Gasteiger partial charge in [-0.15, -0.1) is 0 Å². The Hall–Kier alpha value is -4.00. The van der Waals surface area contributed by atoms with Gasteiger partial charge in [0.1, 0.15) is 11.5 Å². The summed E-state index contributed by atoms with van der Waals surface area (Å²) in [5, 5.41) is 19.9. The van der Waals surface area contributed by atoms with Gasteiger partial charge in [-0.25, -0.2) is 9.97 Å². The zero-order chi connectivity index (χ0) is 26.2. The third-order valence-electron chi connectivity index (χ3n) is 6.46. The molecule has 6 nitrogen and oxygen atoms in total. The predicted molar refractivity (Wildman–Crippen MR) is 152 cm³/mol. The van der Waals surface area contributed by atoms with Gasteiger partial charge >= 0.3 is 0 Å². The summed E-state index contributed by atoms with van der Waals surface area (Å²) in [6.45, 7) is 1.56. The molecule has 0 fully saturated rings. The van der Waals surface area contributed by atoms with Crippen LogP contribution in [0.1, 0.15) is 25.7 Å². The maximum atomic E-state index is 8.91. The number of pyridine rings is 2. The molecule has 2 aromatic heterocycles. The van der Waals surface area contributed by atoms with E-state index in [1.54, 1.807) is 0 Å². The number of hydrogen-bond acceptors (Lipinski definition) is 6. The molecule has 0 bridgehead atoms. The van der Waals surface area contributed by atoms with Crippen LogP contribution in [0.3, 0.4) is 0 Å². The van der Waals surface area contributed by atoms with Crippen LogP contribution in [0.15, 0.2) is 84.9 Å². The first-order valence-electron chi connectivity index (χ1n) is 13.1. The Morgan fingerprint density at radius 2 is 0.868 bits per heavy atom. The molecule has 6 heteroatoms. The van der Waals surface area contributed by atoms with Gasteiger partial charge in [0.15, 0.2) is 0 Å². The van der Waals surface area contributed by atoms with Crippen LogP contribution < -0.4 is 9.47 Å². The first kappa shape index (κ1) is 25.6. The van der Waals surface area contributed by atoms with Crippen LogP contribution in [0.4, 0.5) is 0 Å². The van der Waals surface area contributed by atoms with Gasteiger partial charge in [-0.3, -0.25) is 0 Å². The second-order valence-electron chi connectivity index (χ2n) is 9.21. The van der Waals surface area contributed by atoms with Crippen molar-refractivity contribution in [1.29, 1.82) is 0 Å². The molecule has 2 heterocycles. The van der Waals surface area contributed by atoms with Crippen molar-refractivity contribution in [1.82, 2.24) is 9.97 Å². The standard InChI is InChI=1S/C32H32N2O4/c35-19-1-3-21-37-27-13-7-23(8-14-27)29-17-11-25-5-6-26-12-18-30(34-32(26)31(25)33-29)24-9-15-28(16-10-24)38-22-4-2-20-36/h5-18,35-36H,1-4,19-22H2. The highest BCUT2D eigenvalue weighted by Gasteiger charge is 2.09. The summed E-state index contributed by atoms with van der Waals surface area (Å²) in [6, 6.07) is 28.3. The van der Waals surface area contributed by atoms with Crippen molar-refractivity contribution >= 4 is 21.8 Å². The average Bonchev–Trinajstić information content (AvgIpc) is 2.97. The monoisotopic (exact) mass is 508 g/mol. The molecule has 5 rings (SSSR count). The number of aromatic nitrogens is 2. The number of benzene rings is 3. The fourth-order valence-electron chi connectivity index (χ4n) is 4.34. The number of rotatable bonds is 12. The lowest BCUT2D eigenvalue weighted by molar-refractivity contribution is 0.253. The van der Waals surface area contributed by atoms with Gasteiger partial charge in [-0.2, -0.15) is 0 Å². The molecular formula is C32H32N2O4. The summed E-state index contributed by atoms with van der Waals surface area (Å²) < 4.78 is 11.5. The molecule has 3 aromatic carbocycles. The maximum absolute atomic E-state index is 8.91. The molecule has 0 saturated carbocycles. The molecule has 0 atom stereocenters. The fraction of sp³-hybridized carbons (Fsp3) is 0.250. The quantitative estimate of drug-likeness (QED) is 0.149. The highest BCUT2D eigenvalue weighted by atomic mass is 16.5. The van der Waals surface area contributed by atoms with Gasteiger partial charge in [0, 0.05) is 35.1 Å². The number of unbranched alkanes of at least 4 members (excludes halogenated alkanes) is 2.